The molecule has 0 spiro atoms. The molecule has 0 heterocycles. The molecule has 0 radical (unpaired) electrons. The minimum Gasteiger partial charge on any atom is -0.323 e. The molecule has 0 aromatic heterocycles. The minimum absolute atomic E-state index is 0. The quantitative estimate of drug-likeness (QED) is 0.314. The van der Waals surface area contributed by atoms with Crippen LogP contribution in [-0.4, -0.2) is 0 Å². The molecule has 4 rings (SSSR count). The van der Waals surface area contributed by atoms with E-state index in [2.05, 4.69) is 49.4 Å². The van der Waals surface area contributed by atoms with E-state index >= 15 is 0 Å². The molecule has 0 bridgehead atoms. The molecule has 1 aromatic carbocycles. The summed E-state index contributed by atoms with van der Waals surface area (Å²) in [6.45, 7) is 2.23. The number of rotatable bonds is 4. The predicted octanol–water partition coefficient (Wildman–Crippen LogP) is 8.77. The molecular formula is C27H40Zr+2. The molecule has 0 saturated heterocycles. The van der Waals surface area contributed by atoms with Crippen LogP contribution in [0.2, 0.25) is 0 Å². The van der Waals surface area contributed by atoms with Crippen LogP contribution in [-0.2, 0) is 26.2 Å². The summed E-state index contributed by atoms with van der Waals surface area (Å²) in [5.74, 6) is 0. The summed E-state index contributed by atoms with van der Waals surface area (Å²) in [6, 6.07) is 10.4. The molecule has 0 aliphatic heterocycles. The van der Waals surface area contributed by atoms with E-state index in [1.54, 1.807) is 0 Å². The van der Waals surface area contributed by atoms with E-state index < -0.39 is 0 Å². The number of hydrogen-bond donors (Lipinski definition) is 0. The predicted molar refractivity (Wildman–Crippen MR) is 119 cm³/mol. The van der Waals surface area contributed by atoms with Gasteiger partial charge in [-0.3, -0.25) is 11.1 Å². The van der Waals surface area contributed by atoms with Crippen LogP contribution < -0.4 is 0 Å². The van der Waals surface area contributed by atoms with Gasteiger partial charge in [0.15, 0.2) is 0 Å². The van der Waals surface area contributed by atoms with E-state index in [0.29, 0.717) is 0 Å². The van der Waals surface area contributed by atoms with Crippen LogP contribution in [0.4, 0.5) is 0 Å². The van der Waals surface area contributed by atoms with E-state index in [1.165, 1.54) is 113 Å². The zero-order chi connectivity index (χ0) is 19.0. The van der Waals surface area contributed by atoms with Crippen molar-refractivity contribution in [2.75, 3.05) is 0 Å². The number of benzene rings is 1. The van der Waals surface area contributed by atoms with Gasteiger partial charge >= 0.3 is 26.2 Å². The second kappa shape index (κ2) is 17.4. The van der Waals surface area contributed by atoms with Crippen molar-refractivity contribution in [3.8, 4) is 0 Å². The zero-order valence-electron chi connectivity index (χ0n) is 18.2. The fourth-order valence-corrected chi connectivity index (χ4v) is 3.96. The van der Waals surface area contributed by atoms with Gasteiger partial charge in [0.05, 0.1) is 0 Å². The first kappa shape index (κ1) is 25.6. The number of allylic oxidation sites excluding steroid dienone is 3. The largest absolute Gasteiger partial charge is 4.00 e. The molecule has 28 heavy (non-hydrogen) atoms. The first-order chi connectivity index (χ1) is 13.4. The fraction of sp³-hybridized carbons (Fsp3) is 0.630. The van der Waals surface area contributed by atoms with Gasteiger partial charge in [-0.25, -0.2) is 6.08 Å². The molecule has 0 unspecified atom stereocenters. The van der Waals surface area contributed by atoms with Gasteiger partial charge in [0.1, 0.15) is 0 Å². The van der Waals surface area contributed by atoms with Crippen molar-refractivity contribution < 1.29 is 26.2 Å². The third-order valence-electron chi connectivity index (χ3n) is 5.66. The van der Waals surface area contributed by atoms with Crippen LogP contribution in [0.5, 0.6) is 0 Å². The summed E-state index contributed by atoms with van der Waals surface area (Å²) in [6.07, 6.45) is 29.3. The average molecular weight is 456 g/mol. The number of unbranched alkanes of at least 4 members (excludes halogenated alkanes) is 2. The summed E-state index contributed by atoms with van der Waals surface area (Å²) in [5.41, 5.74) is 3.99. The van der Waals surface area contributed by atoms with Crippen molar-refractivity contribution in [2.45, 2.75) is 110 Å². The second-order valence-corrected chi connectivity index (χ2v) is 8.12. The zero-order valence-corrected chi connectivity index (χ0v) is 20.7. The Morgan fingerprint density at radius 2 is 1.18 bits per heavy atom. The van der Waals surface area contributed by atoms with E-state index in [4.69, 9.17) is 0 Å². The smallest absolute Gasteiger partial charge is 0.323 e. The molecule has 0 nitrogen and oxygen atoms in total. The van der Waals surface area contributed by atoms with Crippen LogP contribution in [0.15, 0.2) is 41.5 Å². The van der Waals surface area contributed by atoms with Gasteiger partial charge in [-0.1, -0.05) is 103 Å². The van der Waals surface area contributed by atoms with E-state index in [-0.39, 0.29) is 26.2 Å². The topological polar surface area (TPSA) is 0 Å². The Labute approximate surface area is 194 Å². The molecule has 3 aliphatic rings. The van der Waals surface area contributed by atoms with Crippen LogP contribution in [0.3, 0.4) is 0 Å². The molecular weight excluding hydrogens is 416 g/mol. The van der Waals surface area contributed by atoms with Crippen molar-refractivity contribution in [1.82, 2.24) is 0 Å². The molecule has 0 amide bonds. The van der Waals surface area contributed by atoms with Crippen LogP contribution in [0, 0.1) is 12.2 Å². The third kappa shape index (κ3) is 11.6. The van der Waals surface area contributed by atoms with Gasteiger partial charge in [-0.2, -0.15) is 5.56 Å². The average Bonchev–Trinajstić information content (AvgIpc) is 3.49. The van der Waals surface area contributed by atoms with Gasteiger partial charge in [0.25, 0.3) is 0 Å². The Kier molecular flexibility index (Phi) is 16.0. The first-order valence-electron chi connectivity index (χ1n) is 11.7. The minimum atomic E-state index is 0. The summed E-state index contributed by atoms with van der Waals surface area (Å²) in [5, 5.41) is 0. The van der Waals surface area contributed by atoms with E-state index in [1.807, 2.05) is 0 Å². The van der Waals surface area contributed by atoms with Crippen molar-refractivity contribution in [1.29, 1.82) is 0 Å². The molecule has 3 fully saturated rings. The maximum absolute atomic E-state index is 3.57. The normalized spacial score (nSPS) is 20.9. The standard InChI is InChI=1S/C17H20.2C5H10.Zr/c1-2-3-5-11-16-12-8-13-17(16)14-15-9-6-4-7-10-15;2*1-2-4-5-3-1;/h4,6-7,9-10H,2-3,5,8,12-13H2,1H3;2*1-5H2;/q-2;;;+4. The molecule has 0 atom stereocenters. The van der Waals surface area contributed by atoms with Gasteiger partial charge < -0.3 is 6.08 Å². The third-order valence-corrected chi connectivity index (χ3v) is 5.66. The SMILES string of the molecule is C1CCCC1.C1CCCC1.CCCC[C-]=C1CCCC1=[C-]c1ccccc1.[Zr+4]. The van der Waals surface area contributed by atoms with Gasteiger partial charge in [-0.15, -0.1) is 37.1 Å². The Bertz CT molecular complexity index is 507. The molecule has 0 N–H and O–H groups in total. The molecule has 3 aliphatic carbocycles. The van der Waals surface area contributed by atoms with Crippen molar-refractivity contribution in [3.05, 3.63) is 59.2 Å². The van der Waals surface area contributed by atoms with E-state index in [0.717, 1.165) is 6.42 Å². The fourth-order valence-electron chi connectivity index (χ4n) is 3.96. The summed E-state index contributed by atoms with van der Waals surface area (Å²) in [7, 11) is 0. The van der Waals surface area contributed by atoms with Gasteiger partial charge in [-0.05, 0) is 0 Å². The van der Waals surface area contributed by atoms with E-state index in [9.17, 15) is 0 Å². The summed E-state index contributed by atoms with van der Waals surface area (Å²) >= 11 is 0. The van der Waals surface area contributed by atoms with Crippen molar-refractivity contribution in [3.63, 3.8) is 0 Å². The summed E-state index contributed by atoms with van der Waals surface area (Å²) in [4.78, 5) is 0. The molecule has 150 valence electrons. The Morgan fingerprint density at radius 1 is 0.679 bits per heavy atom. The Balaban J connectivity index is 0.000000290. The Morgan fingerprint density at radius 3 is 1.68 bits per heavy atom. The number of hydrogen-bond acceptors (Lipinski definition) is 0. The van der Waals surface area contributed by atoms with Crippen LogP contribution >= 0.6 is 0 Å². The molecule has 3 saturated carbocycles. The van der Waals surface area contributed by atoms with Crippen molar-refractivity contribution >= 4 is 0 Å². The van der Waals surface area contributed by atoms with Gasteiger partial charge in [0, 0.05) is 0 Å². The maximum atomic E-state index is 3.57. The maximum Gasteiger partial charge on any atom is 4.00 e. The second-order valence-electron chi connectivity index (χ2n) is 8.12. The molecule has 1 aromatic rings. The van der Waals surface area contributed by atoms with Crippen LogP contribution in [0.1, 0.15) is 115 Å². The molecule has 1 heteroatoms. The van der Waals surface area contributed by atoms with Crippen molar-refractivity contribution in [2.24, 2.45) is 0 Å². The Hall–Kier alpha value is -0.417. The first-order valence-corrected chi connectivity index (χ1v) is 11.7. The monoisotopic (exact) mass is 454 g/mol. The summed E-state index contributed by atoms with van der Waals surface area (Å²) < 4.78 is 0. The van der Waals surface area contributed by atoms with Gasteiger partial charge in [0.2, 0.25) is 0 Å². The van der Waals surface area contributed by atoms with Crippen LogP contribution in [0.25, 0.3) is 0 Å².